The van der Waals surface area contributed by atoms with Gasteiger partial charge >= 0.3 is 0 Å². The number of anilines is 1. The Morgan fingerprint density at radius 1 is 1.18 bits per heavy atom. The molecule has 3 rings (SSSR count). The zero-order valence-corrected chi connectivity index (χ0v) is 23.5. The van der Waals surface area contributed by atoms with E-state index in [1.54, 1.807) is 4.90 Å². The molecule has 0 saturated carbocycles. The smallest absolute Gasteiger partial charge is 0.227 e. The third kappa shape index (κ3) is 8.82. The van der Waals surface area contributed by atoms with Crippen molar-refractivity contribution < 1.29 is 19.4 Å². The molecule has 2 aromatic rings. The number of benzene rings is 2. The fourth-order valence-electron chi connectivity index (χ4n) is 4.77. The van der Waals surface area contributed by atoms with Gasteiger partial charge in [0, 0.05) is 43.2 Å². The van der Waals surface area contributed by atoms with E-state index in [0.717, 1.165) is 25.1 Å². The summed E-state index contributed by atoms with van der Waals surface area (Å²) in [6.45, 7) is 6.66. The first-order valence-corrected chi connectivity index (χ1v) is 13.5. The Kier molecular flexibility index (Phi) is 11.1. The molecule has 0 spiro atoms. The molecule has 0 fully saturated rings. The van der Waals surface area contributed by atoms with Crippen LogP contribution in [0.25, 0.3) is 0 Å². The molecule has 8 nitrogen and oxygen atoms in total. The lowest BCUT2D eigenvalue weighted by molar-refractivity contribution is -0.134. The van der Waals surface area contributed by atoms with E-state index in [4.69, 9.17) is 4.74 Å². The molecule has 8 heteroatoms. The van der Waals surface area contributed by atoms with Crippen LogP contribution in [0.2, 0.25) is 0 Å². The number of aliphatic hydroxyl groups excluding tert-OH is 1. The number of hydrogen-bond acceptors (Lipinski definition) is 6. The quantitative estimate of drug-likeness (QED) is 0.470. The predicted octanol–water partition coefficient (Wildman–Crippen LogP) is 3.25. The van der Waals surface area contributed by atoms with Crippen molar-refractivity contribution in [2.24, 2.45) is 5.92 Å². The van der Waals surface area contributed by atoms with Gasteiger partial charge < -0.3 is 25.0 Å². The van der Waals surface area contributed by atoms with E-state index >= 15 is 0 Å². The summed E-state index contributed by atoms with van der Waals surface area (Å²) in [5, 5.41) is 12.8. The van der Waals surface area contributed by atoms with Crippen molar-refractivity contribution >= 4 is 17.5 Å². The van der Waals surface area contributed by atoms with E-state index < -0.39 is 0 Å². The number of carbonyl (C=O) groups is 2. The Morgan fingerprint density at radius 3 is 2.61 bits per heavy atom. The molecule has 2 amide bonds. The average molecular weight is 525 g/mol. The lowest BCUT2D eigenvalue weighted by atomic mass is 10.0. The van der Waals surface area contributed by atoms with Gasteiger partial charge in [-0.15, -0.1) is 0 Å². The maximum atomic E-state index is 13.4. The zero-order valence-electron chi connectivity index (χ0n) is 23.5. The summed E-state index contributed by atoms with van der Waals surface area (Å²) >= 11 is 0. The molecular weight excluding hydrogens is 480 g/mol. The van der Waals surface area contributed by atoms with E-state index in [1.165, 1.54) is 5.56 Å². The lowest BCUT2D eigenvalue weighted by Crippen LogP contribution is -2.47. The fraction of sp³-hybridized carbons (Fsp3) is 0.533. The van der Waals surface area contributed by atoms with E-state index in [-0.39, 0.29) is 42.9 Å². The highest BCUT2D eigenvalue weighted by molar-refractivity contribution is 5.91. The number of fused-ring (bicyclic) bond motifs is 1. The van der Waals surface area contributed by atoms with E-state index in [1.807, 2.05) is 57.4 Å². The van der Waals surface area contributed by atoms with Gasteiger partial charge in [-0.25, -0.2) is 0 Å². The highest BCUT2D eigenvalue weighted by Crippen LogP contribution is 2.29. The number of hydrogen-bond donors (Lipinski definition) is 2. The fourth-order valence-corrected chi connectivity index (χ4v) is 4.77. The van der Waals surface area contributed by atoms with Crippen molar-refractivity contribution in [3.8, 4) is 5.75 Å². The van der Waals surface area contributed by atoms with Gasteiger partial charge in [-0.2, -0.15) is 0 Å². The second kappa shape index (κ2) is 14.3. The van der Waals surface area contributed by atoms with Crippen molar-refractivity contribution in [2.45, 2.75) is 51.8 Å². The minimum atomic E-state index is -0.297. The van der Waals surface area contributed by atoms with E-state index in [2.05, 4.69) is 41.2 Å². The predicted molar refractivity (Wildman–Crippen MR) is 151 cm³/mol. The molecule has 0 aliphatic carbocycles. The first-order chi connectivity index (χ1) is 18.2. The highest BCUT2D eigenvalue weighted by atomic mass is 16.5. The van der Waals surface area contributed by atoms with Crippen molar-refractivity contribution in [2.75, 3.05) is 52.7 Å². The molecule has 1 aliphatic rings. The van der Waals surface area contributed by atoms with Crippen LogP contribution in [-0.4, -0.2) is 91.2 Å². The van der Waals surface area contributed by atoms with Crippen LogP contribution in [-0.2, 0) is 22.6 Å². The van der Waals surface area contributed by atoms with Gasteiger partial charge in [0.2, 0.25) is 11.8 Å². The molecular formula is C30H44N4O4. The van der Waals surface area contributed by atoms with Crippen LogP contribution in [0.15, 0.2) is 48.5 Å². The number of likely N-dealkylation sites (N-methyl/N-ethyl adjacent to an activating group) is 1. The summed E-state index contributed by atoms with van der Waals surface area (Å²) in [5.41, 5.74) is 2.62. The van der Waals surface area contributed by atoms with Gasteiger partial charge in [0.1, 0.15) is 11.9 Å². The lowest BCUT2D eigenvalue weighted by Gasteiger charge is -2.34. The second-order valence-corrected chi connectivity index (χ2v) is 10.8. The highest BCUT2D eigenvalue weighted by Gasteiger charge is 2.31. The zero-order chi connectivity index (χ0) is 27.7. The van der Waals surface area contributed by atoms with Crippen LogP contribution in [0, 0.1) is 5.92 Å². The number of amides is 2. The molecule has 3 atom stereocenters. The largest absolute Gasteiger partial charge is 0.488 e. The van der Waals surface area contributed by atoms with Crippen molar-refractivity contribution in [1.29, 1.82) is 0 Å². The van der Waals surface area contributed by atoms with Crippen LogP contribution in [0.4, 0.5) is 5.69 Å². The molecule has 0 saturated heterocycles. The Hall–Kier alpha value is -2.94. The van der Waals surface area contributed by atoms with Crippen molar-refractivity contribution in [3.05, 3.63) is 59.7 Å². The van der Waals surface area contributed by atoms with Gasteiger partial charge in [-0.05, 0) is 64.8 Å². The molecule has 2 aromatic carbocycles. The van der Waals surface area contributed by atoms with Crippen LogP contribution < -0.4 is 10.1 Å². The number of aliphatic hydroxyl groups is 1. The minimum Gasteiger partial charge on any atom is -0.488 e. The van der Waals surface area contributed by atoms with Crippen LogP contribution in [0.1, 0.15) is 37.8 Å². The molecule has 0 bridgehead atoms. The first kappa shape index (κ1) is 29.6. The van der Waals surface area contributed by atoms with Crippen LogP contribution in [0.5, 0.6) is 5.75 Å². The second-order valence-electron chi connectivity index (χ2n) is 10.8. The van der Waals surface area contributed by atoms with Gasteiger partial charge in [0.05, 0.1) is 19.1 Å². The average Bonchev–Trinajstić information content (AvgIpc) is 2.91. The Morgan fingerprint density at radius 2 is 1.92 bits per heavy atom. The molecule has 38 heavy (non-hydrogen) atoms. The SMILES string of the molecule is C[C@H](CO)N1C[C@H](C)[C@@H](CN(C)Cc2ccccc2)Oc2ccc(NC(=O)CCCN(C)C)cc2CC1=O. The van der Waals surface area contributed by atoms with Gasteiger partial charge in [-0.3, -0.25) is 14.5 Å². The third-order valence-corrected chi connectivity index (χ3v) is 7.00. The number of rotatable bonds is 11. The molecule has 208 valence electrons. The maximum absolute atomic E-state index is 13.4. The number of ether oxygens (including phenoxy) is 1. The molecule has 1 aliphatic heterocycles. The monoisotopic (exact) mass is 524 g/mol. The van der Waals surface area contributed by atoms with Crippen LogP contribution >= 0.6 is 0 Å². The van der Waals surface area contributed by atoms with Gasteiger partial charge in [0.25, 0.3) is 0 Å². The summed E-state index contributed by atoms with van der Waals surface area (Å²) in [7, 11) is 6.05. The third-order valence-electron chi connectivity index (χ3n) is 7.00. The van der Waals surface area contributed by atoms with Gasteiger partial charge in [-0.1, -0.05) is 37.3 Å². The Labute approximate surface area is 227 Å². The maximum Gasteiger partial charge on any atom is 0.227 e. The summed E-state index contributed by atoms with van der Waals surface area (Å²) in [5.74, 6) is 0.586. The molecule has 0 radical (unpaired) electrons. The normalized spacial score (nSPS) is 18.8. The topological polar surface area (TPSA) is 85.3 Å². The molecule has 0 aromatic heterocycles. The molecule has 2 N–H and O–H groups in total. The van der Waals surface area contributed by atoms with Gasteiger partial charge in [0.15, 0.2) is 0 Å². The number of carbonyl (C=O) groups excluding carboxylic acids is 2. The summed E-state index contributed by atoms with van der Waals surface area (Å²) in [6, 6.07) is 15.6. The molecule has 0 unspecified atom stereocenters. The standard InChI is InChI=1S/C30H44N4O4/c1-22-18-34(23(2)21-35)30(37)17-25-16-26(31-29(36)12-9-15-32(3)4)13-14-27(25)38-28(22)20-33(5)19-24-10-7-6-8-11-24/h6-8,10-11,13-14,16,22-23,28,35H,9,12,15,17-21H2,1-5H3,(H,31,36)/t22-,23+,28+/m0/s1. The van der Waals surface area contributed by atoms with Crippen molar-refractivity contribution in [3.63, 3.8) is 0 Å². The number of nitrogens with one attached hydrogen (secondary N) is 1. The Balaban J connectivity index is 1.82. The van der Waals surface area contributed by atoms with Crippen LogP contribution in [0.3, 0.4) is 0 Å². The number of nitrogens with zero attached hydrogens (tertiary/aromatic N) is 3. The van der Waals surface area contributed by atoms with E-state index in [0.29, 0.717) is 30.9 Å². The first-order valence-electron chi connectivity index (χ1n) is 13.5. The summed E-state index contributed by atoms with van der Waals surface area (Å²) in [4.78, 5) is 31.9. The molecule has 1 heterocycles. The van der Waals surface area contributed by atoms with Crippen molar-refractivity contribution in [1.82, 2.24) is 14.7 Å². The van der Waals surface area contributed by atoms with E-state index in [9.17, 15) is 14.7 Å². The summed E-state index contributed by atoms with van der Waals surface area (Å²) < 4.78 is 6.60. The Bertz CT molecular complexity index is 1050. The summed E-state index contributed by atoms with van der Waals surface area (Å²) in [6.07, 6.45) is 1.17. The minimum absolute atomic E-state index is 0.0354.